The molecule has 1 amide bonds. The molecule has 2 rings (SSSR count). The maximum absolute atomic E-state index is 11.8. The maximum atomic E-state index is 11.8. The van der Waals surface area contributed by atoms with Crippen molar-refractivity contribution in [1.82, 2.24) is 5.43 Å². The van der Waals surface area contributed by atoms with Gasteiger partial charge in [-0.2, -0.15) is 5.10 Å². The van der Waals surface area contributed by atoms with Crippen molar-refractivity contribution >= 4 is 23.2 Å². The summed E-state index contributed by atoms with van der Waals surface area (Å²) >= 11 is 5.87. The van der Waals surface area contributed by atoms with Crippen LogP contribution in [0.1, 0.15) is 24.5 Å². The quantitative estimate of drug-likeness (QED) is 0.644. The van der Waals surface area contributed by atoms with Gasteiger partial charge in [0.25, 0.3) is 5.91 Å². The number of carbonyl (C=O) groups excluding carboxylic acids is 1. The van der Waals surface area contributed by atoms with Gasteiger partial charge in [0.1, 0.15) is 5.75 Å². The lowest BCUT2D eigenvalue weighted by Gasteiger charge is -2.07. The highest BCUT2D eigenvalue weighted by atomic mass is 35.5. The number of nitrogens with zero attached hydrogens (tertiary/aromatic N) is 1. The predicted molar refractivity (Wildman–Crippen MR) is 93.1 cm³/mol. The molecule has 5 heteroatoms. The highest BCUT2D eigenvalue weighted by Crippen LogP contribution is 2.12. The third-order valence-corrected chi connectivity index (χ3v) is 3.44. The molecule has 0 aliphatic carbocycles. The molecule has 0 atom stereocenters. The molecular weight excluding hydrogens is 312 g/mol. The summed E-state index contributed by atoms with van der Waals surface area (Å²) in [5, 5.41) is 4.83. The monoisotopic (exact) mass is 330 g/mol. The van der Waals surface area contributed by atoms with E-state index in [1.165, 1.54) is 0 Å². The first-order chi connectivity index (χ1) is 11.1. The lowest BCUT2D eigenvalue weighted by molar-refractivity contribution is -0.123. The van der Waals surface area contributed by atoms with Crippen molar-refractivity contribution in [3.8, 4) is 5.75 Å². The molecule has 0 unspecified atom stereocenters. The highest BCUT2D eigenvalue weighted by Gasteiger charge is 2.05. The van der Waals surface area contributed by atoms with Crippen LogP contribution in [0.4, 0.5) is 0 Å². The van der Waals surface area contributed by atoms with Gasteiger partial charge < -0.3 is 4.74 Å². The number of aryl methyl sites for hydroxylation is 1. The normalized spacial score (nSPS) is 11.2. The van der Waals surface area contributed by atoms with Crippen LogP contribution >= 0.6 is 11.6 Å². The summed E-state index contributed by atoms with van der Waals surface area (Å²) < 4.78 is 5.44. The number of ether oxygens (including phenoxy) is 1. The van der Waals surface area contributed by atoms with Gasteiger partial charge in [0, 0.05) is 5.02 Å². The number of halogens is 1. The standard InChI is InChI=1S/C18H19ClN2O2/c1-3-17(14-7-9-15(19)10-8-14)20-21-18(22)12-23-16-6-4-5-13(2)11-16/h4-11H,3,12H2,1-2H3,(H,21,22)/b20-17-. The van der Waals surface area contributed by atoms with Crippen LogP contribution in [0, 0.1) is 6.92 Å². The van der Waals surface area contributed by atoms with E-state index in [4.69, 9.17) is 16.3 Å². The Kier molecular flexibility index (Phi) is 6.18. The van der Waals surface area contributed by atoms with Crippen LogP contribution in [0.25, 0.3) is 0 Å². The second-order valence-electron chi connectivity index (χ2n) is 5.06. The highest BCUT2D eigenvalue weighted by molar-refractivity contribution is 6.30. The van der Waals surface area contributed by atoms with Crippen LogP contribution in [-0.4, -0.2) is 18.2 Å². The minimum absolute atomic E-state index is 0.0788. The van der Waals surface area contributed by atoms with E-state index >= 15 is 0 Å². The summed E-state index contributed by atoms with van der Waals surface area (Å²) in [5.74, 6) is 0.365. The smallest absolute Gasteiger partial charge is 0.277 e. The SMILES string of the molecule is CC/C(=N/NC(=O)COc1cccc(C)c1)c1ccc(Cl)cc1. The Hall–Kier alpha value is -2.33. The number of rotatable bonds is 6. The number of hydrogen-bond acceptors (Lipinski definition) is 3. The zero-order valence-electron chi connectivity index (χ0n) is 13.2. The average molecular weight is 331 g/mol. The lowest BCUT2D eigenvalue weighted by Crippen LogP contribution is -2.26. The number of nitrogens with one attached hydrogen (secondary N) is 1. The second-order valence-corrected chi connectivity index (χ2v) is 5.50. The molecule has 0 aliphatic heterocycles. The molecule has 0 radical (unpaired) electrons. The van der Waals surface area contributed by atoms with Crippen molar-refractivity contribution in [1.29, 1.82) is 0 Å². The number of hydrazone groups is 1. The minimum atomic E-state index is -0.300. The first-order valence-corrected chi connectivity index (χ1v) is 7.77. The van der Waals surface area contributed by atoms with Crippen LogP contribution in [-0.2, 0) is 4.79 Å². The number of amides is 1. The van der Waals surface area contributed by atoms with Gasteiger partial charge in [-0.1, -0.05) is 42.8 Å². The molecule has 0 bridgehead atoms. The maximum Gasteiger partial charge on any atom is 0.277 e. The van der Waals surface area contributed by atoms with Crippen molar-refractivity contribution in [3.05, 3.63) is 64.7 Å². The Balaban J connectivity index is 1.92. The summed E-state index contributed by atoms with van der Waals surface area (Å²) in [6.45, 7) is 3.87. The predicted octanol–water partition coefficient (Wildman–Crippen LogP) is 3.96. The van der Waals surface area contributed by atoms with Crippen molar-refractivity contribution in [2.45, 2.75) is 20.3 Å². The van der Waals surface area contributed by atoms with Gasteiger partial charge in [-0.05, 0) is 48.7 Å². The number of benzene rings is 2. The van der Waals surface area contributed by atoms with E-state index < -0.39 is 0 Å². The van der Waals surface area contributed by atoms with Gasteiger partial charge in [-0.3, -0.25) is 4.79 Å². The largest absolute Gasteiger partial charge is 0.484 e. The van der Waals surface area contributed by atoms with Crippen LogP contribution in [0.3, 0.4) is 0 Å². The second kappa shape index (κ2) is 8.34. The van der Waals surface area contributed by atoms with E-state index in [0.29, 0.717) is 17.2 Å². The van der Waals surface area contributed by atoms with Crippen LogP contribution in [0.5, 0.6) is 5.75 Å². The molecule has 120 valence electrons. The Labute approximate surface area is 141 Å². The van der Waals surface area contributed by atoms with Gasteiger partial charge >= 0.3 is 0 Å². The zero-order valence-corrected chi connectivity index (χ0v) is 13.9. The zero-order chi connectivity index (χ0) is 16.7. The summed E-state index contributed by atoms with van der Waals surface area (Å²) in [7, 11) is 0. The summed E-state index contributed by atoms with van der Waals surface area (Å²) in [5.41, 5.74) is 5.31. The molecule has 23 heavy (non-hydrogen) atoms. The van der Waals surface area contributed by atoms with E-state index in [0.717, 1.165) is 16.8 Å². The molecule has 0 spiro atoms. The van der Waals surface area contributed by atoms with Crippen LogP contribution < -0.4 is 10.2 Å². The Morgan fingerprint density at radius 2 is 1.96 bits per heavy atom. The molecule has 0 saturated heterocycles. The molecule has 2 aromatic rings. The molecular formula is C18H19ClN2O2. The van der Waals surface area contributed by atoms with Crippen LogP contribution in [0.15, 0.2) is 53.6 Å². The topological polar surface area (TPSA) is 50.7 Å². The fourth-order valence-electron chi connectivity index (χ4n) is 2.01. The summed E-state index contributed by atoms with van der Waals surface area (Å²) in [4.78, 5) is 11.8. The van der Waals surface area contributed by atoms with E-state index in [1.807, 2.05) is 50.2 Å². The van der Waals surface area contributed by atoms with Crippen molar-refractivity contribution in [3.63, 3.8) is 0 Å². The average Bonchev–Trinajstić information content (AvgIpc) is 2.55. The van der Waals surface area contributed by atoms with Crippen molar-refractivity contribution in [2.24, 2.45) is 5.10 Å². The van der Waals surface area contributed by atoms with E-state index in [9.17, 15) is 4.79 Å². The Morgan fingerprint density at radius 3 is 2.61 bits per heavy atom. The summed E-state index contributed by atoms with van der Waals surface area (Å²) in [6.07, 6.45) is 0.695. The van der Waals surface area contributed by atoms with Gasteiger partial charge in [0.15, 0.2) is 6.61 Å². The van der Waals surface area contributed by atoms with Crippen molar-refractivity contribution in [2.75, 3.05) is 6.61 Å². The minimum Gasteiger partial charge on any atom is -0.484 e. The van der Waals surface area contributed by atoms with E-state index in [1.54, 1.807) is 12.1 Å². The molecule has 4 nitrogen and oxygen atoms in total. The van der Waals surface area contributed by atoms with E-state index in [-0.39, 0.29) is 12.5 Å². The molecule has 0 fully saturated rings. The fourth-order valence-corrected chi connectivity index (χ4v) is 2.13. The van der Waals surface area contributed by atoms with Crippen LogP contribution in [0.2, 0.25) is 5.02 Å². The van der Waals surface area contributed by atoms with Crippen molar-refractivity contribution < 1.29 is 9.53 Å². The lowest BCUT2D eigenvalue weighted by atomic mass is 10.1. The van der Waals surface area contributed by atoms with E-state index in [2.05, 4.69) is 10.5 Å². The Bertz CT molecular complexity index is 696. The van der Waals surface area contributed by atoms with Gasteiger partial charge in [-0.25, -0.2) is 5.43 Å². The third kappa shape index (κ3) is 5.42. The first kappa shape index (κ1) is 17.0. The fraction of sp³-hybridized carbons (Fsp3) is 0.222. The Morgan fingerprint density at radius 1 is 1.22 bits per heavy atom. The number of hydrogen-bond donors (Lipinski definition) is 1. The molecule has 2 aromatic carbocycles. The molecule has 0 heterocycles. The van der Waals surface area contributed by atoms with Gasteiger partial charge in [0.05, 0.1) is 5.71 Å². The summed E-state index contributed by atoms with van der Waals surface area (Å²) in [6, 6.07) is 14.9. The molecule has 1 N–H and O–H groups in total. The number of carbonyl (C=O) groups is 1. The first-order valence-electron chi connectivity index (χ1n) is 7.39. The van der Waals surface area contributed by atoms with Gasteiger partial charge in [-0.15, -0.1) is 0 Å². The molecule has 0 aromatic heterocycles. The third-order valence-electron chi connectivity index (χ3n) is 3.19. The van der Waals surface area contributed by atoms with Gasteiger partial charge in [0.2, 0.25) is 0 Å². The molecule has 0 aliphatic rings. The molecule has 0 saturated carbocycles.